The molecule has 0 aliphatic rings. The van der Waals surface area contributed by atoms with Gasteiger partial charge in [-0.2, -0.15) is 0 Å². The number of hydrogen-bond acceptors (Lipinski definition) is 4. The van der Waals surface area contributed by atoms with Crippen LogP contribution in [-0.2, 0) is 25.5 Å². The standard InChI is InChI=1S/C14H17NO5/c1-2-20-14(19)9-10-3-5-11(6-4-10)15-12(16)7-8-13(17)18/h3-6H,2,7-9H2,1H3,(H,15,16)(H,17,18). The highest BCUT2D eigenvalue weighted by molar-refractivity contribution is 5.92. The summed E-state index contributed by atoms with van der Waals surface area (Å²) in [4.78, 5) is 33.0. The lowest BCUT2D eigenvalue weighted by molar-refractivity contribution is -0.142. The van der Waals surface area contributed by atoms with Crippen molar-refractivity contribution in [2.24, 2.45) is 0 Å². The Balaban J connectivity index is 2.47. The van der Waals surface area contributed by atoms with E-state index in [1.165, 1.54) is 0 Å². The molecule has 6 nitrogen and oxygen atoms in total. The van der Waals surface area contributed by atoms with E-state index in [0.717, 1.165) is 5.56 Å². The fraction of sp³-hybridized carbons (Fsp3) is 0.357. The van der Waals surface area contributed by atoms with Crippen LogP contribution in [0.2, 0.25) is 0 Å². The number of benzene rings is 1. The fourth-order valence-electron chi connectivity index (χ4n) is 1.53. The first-order valence-corrected chi connectivity index (χ1v) is 6.27. The van der Waals surface area contributed by atoms with Crippen molar-refractivity contribution in [2.75, 3.05) is 11.9 Å². The van der Waals surface area contributed by atoms with Crippen molar-refractivity contribution >= 4 is 23.5 Å². The van der Waals surface area contributed by atoms with Crippen molar-refractivity contribution in [3.05, 3.63) is 29.8 Å². The molecule has 0 radical (unpaired) electrons. The van der Waals surface area contributed by atoms with Crippen molar-refractivity contribution in [2.45, 2.75) is 26.2 Å². The molecule has 1 rings (SSSR count). The Hall–Kier alpha value is -2.37. The molecule has 0 spiro atoms. The summed E-state index contributed by atoms with van der Waals surface area (Å²) in [7, 11) is 0. The van der Waals surface area contributed by atoms with Crippen molar-refractivity contribution in [3.8, 4) is 0 Å². The normalized spacial score (nSPS) is 9.85. The van der Waals surface area contributed by atoms with Gasteiger partial charge in [0, 0.05) is 12.1 Å². The summed E-state index contributed by atoms with van der Waals surface area (Å²) >= 11 is 0. The number of esters is 1. The number of rotatable bonds is 7. The van der Waals surface area contributed by atoms with E-state index in [1.807, 2.05) is 0 Å². The third-order valence-electron chi connectivity index (χ3n) is 2.46. The van der Waals surface area contributed by atoms with Crippen LogP contribution in [0.1, 0.15) is 25.3 Å². The summed E-state index contributed by atoms with van der Waals surface area (Å²) in [5.74, 6) is -1.67. The average Bonchev–Trinajstić information content (AvgIpc) is 2.39. The van der Waals surface area contributed by atoms with E-state index in [4.69, 9.17) is 9.84 Å². The van der Waals surface area contributed by atoms with Crippen molar-refractivity contribution in [1.29, 1.82) is 0 Å². The van der Waals surface area contributed by atoms with E-state index in [0.29, 0.717) is 12.3 Å². The largest absolute Gasteiger partial charge is 0.481 e. The van der Waals surface area contributed by atoms with Gasteiger partial charge in [0.2, 0.25) is 5.91 Å². The molecular formula is C14H17NO5. The van der Waals surface area contributed by atoms with Gasteiger partial charge in [-0.15, -0.1) is 0 Å². The number of hydrogen-bond donors (Lipinski definition) is 2. The lowest BCUT2D eigenvalue weighted by Gasteiger charge is -2.06. The maximum atomic E-state index is 11.4. The minimum absolute atomic E-state index is 0.0695. The van der Waals surface area contributed by atoms with Crippen molar-refractivity contribution in [3.63, 3.8) is 0 Å². The molecule has 20 heavy (non-hydrogen) atoms. The summed E-state index contributed by atoms with van der Waals surface area (Å²) in [5.41, 5.74) is 1.35. The van der Waals surface area contributed by atoms with E-state index in [1.54, 1.807) is 31.2 Å². The molecule has 0 bridgehead atoms. The van der Waals surface area contributed by atoms with Crippen molar-refractivity contribution in [1.82, 2.24) is 0 Å². The highest BCUT2D eigenvalue weighted by atomic mass is 16.5. The number of carbonyl (C=O) groups excluding carboxylic acids is 2. The second-order valence-corrected chi connectivity index (χ2v) is 4.12. The maximum absolute atomic E-state index is 11.4. The Bertz CT molecular complexity index is 481. The van der Waals surface area contributed by atoms with Gasteiger partial charge in [-0.25, -0.2) is 0 Å². The molecule has 0 aliphatic carbocycles. The number of carboxylic acids is 1. The highest BCUT2D eigenvalue weighted by Crippen LogP contribution is 2.11. The van der Waals surface area contributed by atoms with Gasteiger partial charge in [0.15, 0.2) is 0 Å². The number of nitrogens with one attached hydrogen (secondary N) is 1. The smallest absolute Gasteiger partial charge is 0.310 e. The molecule has 108 valence electrons. The number of carbonyl (C=O) groups is 3. The number of carboxylic acid groups (broad SMARTS) is 1. The van der Waals surface area contributed by atoms with E-state index in [-0.39, 0.29) is 31.1 Å². The van der Waals surface area contributed by atoms with E-state index in [9.17, 15) is 14.4 Å². The van der Waals surface area contributed by atoms with Crippen LogP contribution in [0.5, 0.6) is 0 Å². The Morgan fingerprint density at radius 3 is 2.35 bits per heavy atom. The third-order valence-corrected chi connectivity index (χ3v) is 2.46. The predicted octanol–water partition coefficient (Wildman–Crippen LogP) is 1.60. The molecule has 0 saturated carbocycles. The van der Waals surface area contributed by atoms with Crippen LogP contribution >= 0.6 is 0 Å². The second-order valence-electron chi connectivity index (χ2n) is 4.12. The monoisotopic (exact) mass is 279 g/mol. The number of aliphatic carboxylic acids is 1. The summed E-state index contributed by atoms with van der Waals surface area (Å²) < 4.78 is 4.83. The summed E-state index contributed by atoms with van der Waals surface area (Å²) in [5, 5.41) is 11.1. The quantitative estimate of drug-likeness (QED) is 0.739. The zero-order valence-electron chi connectivity index (χ0n) is 11.2. The van der Waals surface area contributed by atoms with E-state index >= 15 is 0 Å². The predicted molar refractivity (Wildman–Crippen MR) is 72.3 cm³/mol. The molecular weight excluding hydrogens is 262 g/mol. The Morgan fingerprint density at radius 1 is 1.15 bits per heavy atom. The van der Waals surface area contributed by atoms with Crippen LogP contribution in [0.4, 0.5) is 5.69 Å². The molecule has 0 fully saturated rings. The second kappa shape index (κ2) is 7.93. The van der Waals surface area contributed by atoms with Crippen LogP contribution in [0, 0.1) is 0 Å². The molecule has 1 aromatic carbocycles. The molecule has 0 aromatic heterocycles. The lowest BCUT2D eigenvalue weighted by atomic mass is 10.1. The Morgan fingerprint density at radius 2 is 1.80 bits per heavy atom. The van der Waals surface area contributed by atoms with Gasteiger partial charge >= 0.3 is 11.9 Å². The molecule has 2 N–H and O–H groups in total. The topological polar surface area (TPSA) is 92.7 Å². The van der Waals surface area contributed by atoms with Crippen LogP contribution < -0.4 is 5.32 Å². The van der Waals surface area contributed by atoms with Gasteiger partial charge in [-0.3, -0.25) is 14.4 Å². The summed E-state index contributed by atoms with van der Waals surface area (Å²) in [6.07, 6.45) is -0.0895. The average molecular weight is 279 g/mol. The summed E-state index contributed by atoms with van der Waals surface area (Å²) in [6.45, 7) is 2.09. The first kappa shape index (κ1) is 15.7. The molecule has 1 aromatic rings. The van der Waals surface area contributed by atoms with Crippen molar-refractivity contribution < 1.29 is 24.2 Å². The van der Waals surface area contributed by atoms with E-state index < -0.39 is 5.97 Å². The minimum Gasteiger partial charge on any atom is -0.481 e. The highest BCUT2D eigenvalue weighted by Gasteiger charge is 2.07. The van der Waals surface area contributed by atoms with Crippen LogP contribution in [0.25, 0.3) is 0 Å². The fourth-order valence-corrected chi connectivity index (χ4v) is 1.53. The van der Waals surface area contributed by atoms with Gasteiger partial charge in [-0.05, 0) is 24.6 Å². The SMILES string of the molecule is CCOC(=O)Cc1ccc(NC(=O)CCC(=O)O)cc1. The third kappa shape index (κ3) is 5.99. The number of amides is 1. The molecule has 0 heterocycles. The molecule has 0 aliphatic heterocycles. The van der Waals surface area contributed by atoms with E-state index in [2.05, 4.69) is 5.32 Å². The molecule has 0 saturated heterocycles. The van der Waals surface area contributed by atoms with Gasteiger partial charge in [-0.1, -0.05) is 12.1 Å². The van der Waals surface area contributed by atoms with Gasteiger partial charge < -0.3 is 15.2 Å². The van der Waals surface area contributed by atoms with Crippen LogP contribution in [0.3, 0.4) is 0 Å². The van der Waals surface area contributed by atoms with Gasteiger partial charge in [0.05, 0.1) is 19.4 Å². The Labute approximate surface area is 116 Å². The first-order chi connectivity index (χ1) is 9.51. The molecule has 6 heteroatoms. The Kier molecular flexibility index (Phi) is 6.22. The minimum atomic E-state index is -1.01. The van der Waals surface area contributed by atoms with Crippen LogP contribution in [0.15, 0.2) is 24.3 Å². The number of ether oxygens (including phenoxy) is 1. The zero-order valence-corrected chi connectivity index (χ0v) is 11.2. The summed E-state index contributed by atoms with van der Waals surface area (Å²) in [6, 6.07) is 6.74. The van der Waals surface area contributed by atoms with Crippen LogP contribution in [-0.4, -0.2) is 29.6 Å². The lowest BCUT2D eigenvalue weighted by Crippen LogP contribution is -2.13. The number of anilines is 1. The zero-order chi connectivity index (χ0) is 15.0. The van der Waals surface area contributed by atoms with Gasteiger partial charge in [0.1, 0.15) is 0 Å². The molecule has 0 atom stereocenters. The first-order valence-electron chi connectivity index (χ1n) is 6.27. The molecule has 0 unspecified atom stereocenters. The molecule has 1 amide bonds. The van der Waals surface area contributed by atoms with Gasteiger partial charge in [0.25, 0.3) is 0 Å². The maximum Gasteiger partial charge on any atom is 0.310 e.